The van der Waals surface area contributed by atoms with Crippen LogP contribution in [0.5, 0.6) is 0 Å². The first kappa shape index (κ1) is 86.4. The molecule has 0 aromatic heterocycles. The first-order valence-electron chi connectivity index (χ1n) is 36.3. The van der Waals surface area contributed by atoms with Crippen molar-refractivity contribution < 1.29 is 72.5 Å². The molecule has 6 atom stereocenters. The molecule has 8 aromatic rings. The van der Waals surface area contributed by atoms with Crippen LogP contribution in [-0.4, -0.2) is 171 Å². The fraction of sp³-hybridized carbons (Fsp3) is 0.368. The number of alkyl halides is 1. The number of esters is 4. The van der Waals surface area contributed by atoms with Crippen LogP contribution in [0.2, 0.25) is 0 Å². The van der Waals surface area contributed by atoms with Gasteiger partial charge in [-0.15, -0.1) is 0 Å². The summed E-state index contributed by atoms with van der Waals surface area (Å²) in [5, 5.41) is 33.5. The van der Waals surface area contributed by atoms with Crippen LogP contribution < -0.4 is 10.6 Å². The molecule has 20 nitrogen and oxygen atoms in total. The van der Waals surface area contributed by atoms with E-state index in [1.807, 2.05) is 244 Å². The average molecular weight is 1590 g/mol. The number of rotatable bonds is 28. The summed E-state index contributed by atoms with van der Waals surface area (Å²) in [4.78, 5) is 66.5. The summed E-state index contributed by atoms with van der Waals surface area (Å²) in [6.45, 7) is 22.2. The van der Waals surface area contributed by atoms with E-state index >= 15 is 0 Å². The number of aliphatic carboxylic acids is 1. The summed E-state index contributed by atoms with van der Waals surface area (Å²) >= 11 is 2.35. The van der Waals surface area contributed by atoms with E-state index in [-0.39, 0.29) is 73.9 Å². The molecule has 3 saturated heterocycles. The SMILES string of the molecule is C=C(C)CN(Cc1ccccc1)[C@@H](CO)C(=O)OCc1ccccc1.CC1(C)CN(Cc2ccccc2)[C@H](C(=O)OCc2ccccc2)CO1.CC1(C)CN[C@H](C(=O)O)CO1.CC1(CI)CN(Cc2ccccc2)[C@H](C(=O)OCc2ccccc2)CO1.O=C(OCc1ccccc1)[C@H](CO)NCc1ccccc1. The van der Waals surface area contributed by atoms with Crippen molar-refractivity contribution in [3.8, 4) is 0 Å². The molecule has 5 N–H and O–H groups in total. The Hall–Kier alpha value is -8.82. The van der Waals surface area contributed by atoms with E-state index in [1.54, 1.807) is 0 Å². The fourth-order valence-corrected chi connectivity index (χ4v) is 12.1. The van der Waals surface area contributed by atoms with Gasteiger partial charge in [-0.1, -0.05) is 277 Å². The minimum Gasteiger partial charge on any atom is -0.480 e. The van der Waals surface area contributed by atoms with Crippen LogP contribution in [0.15, 0.2) is 255 Å². The number of benzene rings is 8. The normalized spacial score (nSPS) is 18.4. The van der Waals surface area contributed by atoms with Crippen LogP contribution >= 0.6 is 22.6 Å². The quantitative estimate of drug-likeness (QED) is 0.0101. The Bertz CT molecular complexity index is 3900. The molecule has 21 heteroatoms. The highest BCUT2D eigenvalue weighted by molar-refractivity contribution is 14.1. The maximum Gasteiger partial charge on any atom is 0.326 e. The molecule has 3 aliphatic heterocycles. The summed E-state index contributed by atoms with van der Waals surface area (Å²) < 4.78 is 39.8. The van der Waals surface area contributed by atoms with Crippen molar-refractivity contribution in [3.05, 3.63) is 299 Å². The Morgan fingerprint density at radius 1 is 0.509 bits per heavy atom. The summed E-state index contributed by atoms with van der Waals surface area (Å²) in [6, 6.07) is 75.7. The van der Waals surface area contributed by atoms with Gasteiger partial charge in [-0.2, -0.15) is 0 Å². The Morgan fingerprint density at radius 3 is 1.26 bits per heavy atom. The van der Waals surface area contributed by atoms with E-state index in [9.17, 15) is 34.2 Å². The second-order valence-electron chi connectivity index (χ2n) is 28.1. The van der Waals surface area contributed by atoms with Crippen molar-refractivity contribution in [1.82, 2.24) is 25.3 Å². The second kappa shape index (κ2) is 45.9. The molecule has 0 saturated carbocycles. The van der Waals surface area contributed by atoms with Crippen molar-refractivity contribution >= 4 is 52.4 Å². The van der Waals surface area contributed by atoms with Gasteiger partial charge < -0.3 is 48.5 Å². The van der Waals surface area contributed by atoms with Crippen LogP contribution in [0.4, 0.5) is 0 Å². The van der Waals surface area contributed by atoms with Crippen molar-refractivity contribution in [2.75, 3.05) is 63.6 Å². The number of nitrogens with one attached hydrogen (secondary N) is 2. The Kier molecular flexibility index (Phi) is 36.7. The average Bonchev–Trinajstić information content (AvgIpc) is 0.819. The second-order valence-corrected chi connectivity index (χ2v) is 28.9. The van der Waals surface area contributed by atoms with Crippen molar-refractivity contribution in [2.45, 2.75) is 141 Å². The highest BCUT2D eigenvalue weighted by Crippen LogP contribution is 2.28. The molecule has 1 unspecified atom stereocenters. The number of carboxylic acids is 1. The standard InChI is InChI=1S/C21H24INO3.2C21H25NO3.C17H19NO3.C7H13NO3/c1-21(15-22)16-23(12-17-8-4-2-5-9-17)19(14-26-21)20(24)25-13-18-10-6-3-7-11-18;1-21(2)16-22(13-17-9-5-3-6-10-17)19(15-25-21)20(23)24-14-18-11-7-4-8-12-18;1-17(2)13-22(14-18-9-5-3-6-10-18)20(15-23)21(24)25-16-19-11-7-4-8-12-19;19-12-16(18-11-14-7-3-1-4-8-14)17(20)21-13-15-9-5-2-6-10-15;1-7(2)4-8-5(3-11-7)6(9)10/h2-11,19H,12-16H2,1H3;3-12,19H,13-16H2,1-2H3;3-12,20,23H,1,13-16H2,2H3;1-10,16,18-19H,11-13H2;5,8H,3-4H2,1-2H3,(H,9,10)/t19-,21?;19-;20-;16-;5-/m00000/s1. The highest BCUT2D eigenvalue weighted by atomic mass is 127. The molecule has 0 aliphatic carbocycles. The number of halogens is 1. The third-order valence-corrected chi connectivity index (χ3v) is 19.2. The molecule has 8 aromatic carbocycles. The van der Waals surface area contributed by atoms with Crippen LogP contribution in [0.1, 0.15) is 86.1 Å². The molecule has 0 spiro atoms. The van der Waals surface area contributed by atoms with Crippen LogP contribution in [-0.2, 0) is 110 Å². The third kappa shape index (κ3) is 31.4. The molecular formula is C87H106IN5O15. The Balaban J connectivity index is 0.000000192. The number of hydrogen-bond acceptors (Lipinski definition) is 19. The Morgan fingerprint density at radius 2 is 0.880 bits per heavy atom. The lowest BCUT2D eigenvalue weighted by Gasteiger charge is -2.43. The van der Waals surface area contributed by atoms with Gasteiger partial charge in [-0.05, 0) is 86.1 Å². The van der Waals surface area contributed by atoms with Crippen LogP contribution in [0.3, 0.4) is 0 Å². The van der Waals surface area contributed by atoms with Gasteiger partial charge in [-0.3, -0.25) is 49.3 Å². The zero-order valence-corrected chi connectivity index (χ0v) is 65.0. The summed E-state index contributed by atoms with van der Waals surface area (Å²) in [6.07, 6.45) is 0. The maximum absolute atomic E-state index is 12.7. The summed E-state index contributed by atoms with van der Waals surface area (Å²) in [7, 11) is 0. The molecule has 576 valence electrons. The van der Waals surface area contributed by atoms with Gasteiger partial charge in [0.1, 0.15) is 56.6 Å². The van der Waals surface area contributed by atoms with E-state index < -0.39 is 36.0 Å². The number of carboxylic acid groups (broad SMARTS) is 1. The number of morpholine rings is 3. The van der Waals surface area contributed by atoms with Gasteiger partial charge in [0.05, 0.1) is 49.8 Å². The topological polar surface area (TPSA) is 244 Å². The molecule has 3 aliphatic rings. The van der Waals surface area contributed by atoms with Crippen molar-refractivity contribution in [1.29, 1.82) is 0 Å². The third-order valence-electron chi connectivity index (χ3n) is 17.6. The first-order valence-corrected chi connectivity index (χ1v) is 37.8. The lowest BCUT2D eigenvalue weighted by molar-refractivity contribution is -0.171. The van der Waals surface area contributed by atoms with Crippen LogP contribution in [0, 0.1) is 0 Å². The molecule has 11 rings (SSSR count). The minimum atomic E-state index is -0.847. The van der Waals surface area contributed by atoms with Crippen molar-refractivity contribution in [3.63, 3.8) is 0 Å². The molecule has 0 radical (unpaired) electrons. The summed E-state index contributed by atoms with van der Waals surface area (Å²) in [5.41, 5.74) is 8.48. The fourth-order valence-electron chi connectivity index (χ4n) is 11.6. The van der Waals surface area contributed by atoms with Gasteiger partial charge in [0, 0.05) is 56.8 Å². The van der Waals surface area contributed by atoms with Gasteiger partial charge in [0.15, 0.2) is 0 Å². The van der Waals surface area contributed by atoms with Gasteiger partial charge in [0.25, 0.3) is 0 Å². The van der Waals surface area contributed by atoms with Gasteiger partial charge in [-0.25, -0.2) is 0 Å². The number of ether oxygens (including phenoxy) is 7. The van der Waals surface area contributed by atoms with E-state index in [2.05, 4.69) is 94.6 Å². The monoisotopic (exact) mass is 1590 g/mol. The van der Waals surface area contributed by atoms with E-state index in [4.69, 9.17) is 38.3 Å². The molecule has 0 amide bonds. The maximum atomic E-state index is 12.7. The predicted molar refractivity (Wildman–Crippen MR) is 426 cm³/mol. The van der Waals surface area contributed by atoms with Gasteiger partial charge in [0.2, 0.25) is 0 Å². The molecule has 108 heavy (non-hydrogen) atoms. The molecule has 0 bridgehead atoms. The first-order chi connectivity index (χ1) is 52.0. The largest absolute Gasteiger partial charge is 0.480 e. The van der Waals surface area contributed by atoms with E-state index in [0.717, 1.165) is 43.4 Å². The lowest BCUT2D eigenvalue weighted by Crippen LogP contribution is -2.58. The lowest BCUT2D eigenvalue weighted by atomic mass is 10.0. The smallest absolute Gasteiger partial charge is 0.326 e. The Labute approximate surface area is 650 Å². The molecule has 3 fully saturated rings. The van der Waals surface area contributed by atoms with Crippen LogP contribution in [0.25, 0.3) is 0 Å². The highest BCUT2D eigenvalue weighted by Gasteiger charge is 2.41. The zero-order valence-electron chi connectivity index (χ0n) is 62.9. The predicted octanol–water partition coefficient (Wildman–Crippen LogP) is 12.1. The number of aliphatic hydroxyl groups is 2. The molecular weight excluding hydrogens is 1480 g/mol. The van der Waals surface area contributed by atoms with Gasteiger partial charge >= 0.3 is 29.8 Å². The van der Waals surface area contributed by atoms with Crippen molar-refractivity contribution in [2.24, 2.45) is 0 Å². The molecule has 3 heterocycles. The summed E-state index contributed by atoms with van der Waals surface area (Å²) in [5.74, 6) is -2.17. The van der Waals surface area contributed by atoms with E-state index in [1.165, 1.54) is 11.1 Å². The number of aliphatic hydroxyl groups excluding tert-OH is 2. The number of nitrogens with zero attached hydrogens (tertiary/aromatic N) is 3. The number of hydrogen-bond donors (Lipinski definition) is 5. The zero-order chi connectivity index (χ0) is 77.6. The minimum absolute atomic E-state index is 0.197. The number of carbonyl (C=O) groups excluding carboxylic acids is 4. The number of carbonyl (C=O) groups is 5. The van der Waals surface area contributed by atoms with E-state index in [0.29, 0.717) is 78.8 Å².